The molecule has 152 valence electrons. The van der Waals surface area contributed by atoms with Crippen molar-refractivity contribution in [2.75, 3.05) is 6.61 Å². The Morgan fingerprint density at radius 1 is 1.18 bits per heavy atom. The number of benzene rings is 1. The zero-order valence-electron chi connectivity index (χ0n) is 15.3. The maximum Gasteiger partial charge on any atom is 0.193 e. The van der Waals surface area contributed by atoms with Crippen LogP contribution < -0.4 is 10.5 Å². The van der Waals surface area contributed by atoms with Crippen LogP contribution in [-0.4, -0.2) is 57.2 Å². The monoisotopic (exact) mass is 393 g/mol. The van der Waals surface area contributed by atoms with Crippen molar-refractivity contribution < 1.29 is 39.5 Å². The van der Waals surface area contributed by atoms with Crippen molar-refractivity contribution in [3.05, 3.63) is 39.2 Å². The van der Waals surface area contributed by atoms with Crippen molar-refractivity contribution in [1.29, 1.82) is 0 Å². The van der Waals surface area contributed by atoms with E-state index in [1.165, 1.54) is 13.0 Å². The number of aryl methyl sites for hydroxylation is 1. The number of ether oxygens (including phenoxy) is 1. The zero-order chi connectivity index (χ0) is 20.7. The minimum absolute atomic E-state index is 0.0424. The van der Waals surface area contributed by atoms with Gasteiger partial charge in [-0.15, -0.1) is 0 Å². The van der Waals surface area contributed by atoms with Gasteiger partial charge in [-0.1, -0.05) is 11.8 Å². The van der Waals surface area contributed by atoms with Gasteiger partial charge >= 0.3 is 0 Å². The van der Waals surface area contributed by atoms with Crippen molar-refractivity contribution >= 4 is 16.8 Å². The summed E-state index contributed by atoms with van der Waals surface area (Å²) in [5.74, 6) is -0.829. The van der Waals surface area contributed by atoms with Gasteiger partial charge in [0, 0.05) is 11.6 Å². The van der Waals surface area contributed by atoms with Gasteiger partial charge in [0.15, 0.2) is 5.43 Å². The Balaban J connectivity index is 2.26. The van der Waals surface area contributed by atoms with Gasteiger partial charge in [-0.25, -0.2) is 0 Å². The summed E-state index contributed by atoms with van der Waals surface area (Å²) >= 11 is 0. The van der Waals surface area contributed by atoms with Gasteiger partial charge in [-0.3, -0.25) is 9.59 Å². The van der Waals surface area contributed by atoms with Gasteiger partial charge in [-0.05, 0) is 19.4 Å². The van der Waals surface area contributed by atoms with Crippen LogP contribution in [0.1, 0.15) is 29.9 Å². The smallest absolute Gasteiger partial charge is 0.193 e. The Morgan fingerprint density at radius 3 is 2.46 bits per heavy atom. The summed E-state index contributed by atoms with van der Waals surface area (Å²) in [6.45, 7) is 2.19. The van der Waals surface area contributed by atoms with Crippen molar-refractivity contribution in [3.8, 4) is 5.75 Å². The van der Waals surface area contributed by atoms with E-state index >= 15 is 0 Å². The molecule has 3 rings (SSSR count). The predicted octanol–water partition coefficient (Wildman–Crippen LogP) is -1.18. The molecular formula is C19H21O9-. The number of carbonyl (C=O) groups is 1. The second-order valence-corrected chi connectivity index (χ2v) is 7.01. The molecular weight excluding hydrogens is 372 g/mol. The highest BCUT2D eigenvalue weighted by Gasteiger charge is 2.45. The summed E-state index contributed by atoms with van der Waals surface area (Å²) < 4.78 is 11.1. The molecule has 0 spiro atoms. The molecule has 0 amide bonds. The Morgan fingerprint density at radius 2 is 1.86 bits per heavy atom. The fraction of sp³-hybridized carbons (Fsp3) is 0.474. The maximum absolute atomic E-state index is 12.7. The van der Waals surface area contributed by atoms with Crippen molar-refractivity contribution in [2.45, 2.75) is 50.8 Å². The molecule has 0 aliphatic carbocycles. The molecule has 1 aromatic heterocycles. The summed E-state index contributed by atoms with van der Waals surface area (Å²) in [5.41, 5.74) is -0.504. The highest BCUT2D eigenvalue weighted by atomic mass is 16.5. The fourth-order valence-corrected chi connectivity index (χ4v) is 3.51. The molecule has 4 N–H and O–H groups in total. The number of ketones is 1. The third-order valence-electron chi connectivity index (χ3n) is 4.85. The number of aliphatic hydroxyl groups excluding tert-OH is 4. The van der Waals surface area contributed by atoms with Crippen LogP contribution in [0.4, 0.5) is 0 Å². The van der Waals surface area contributed by atoms with Gasteiger partial charge in [0.25, 0.3) is 0 Å². The van der Waals surface area contributed by atoms with Crippen LogP contribution in [0.3, 0.4) is 0 Å². The first-order valence-electron chi connectivity index (χ1n) is 8.72. The van der Waals surface area contributed by atoms with E-state index in [9.17, 15) is 35.1 Å². The fourth-order valence-electron chi connectivity index (χ4n) is 3.51. The number of Topliss-reactive ketones (excluding diaryl/α,β-unsaturated/α-hetero) is 1. The normalized spacial score (nSPS) is 27.9. The number of rotatable bonds is 4. The lowest BCUT2D eigenvalue weighted by Gasteiger charge is -2.41. The Labute approximate surface area is 159 Å². The first-order chi connectivity index (χ1) is 13.1. The maximum atomic E-state index is 12.7. The average Bonchev–Trinajstić information content (AvgIpc) is 2.60. The molecule has 9 heteroatoms. The van der Waals surface area contributed by atoms with Gasteiger partial charge in [-0.2, -0.15) is 0 Å². The van der Waals surface area contributed by atoms with Crippen LogP contribution in [0, 0.1) is 6.92 Å². The molecule has 9 nitrogen and oxygen atoms in total. The SMILES string of the molecule is CC(=O)Cc1cc(=O)c2c(C)cc([O-])c([C@@H]3O[C@H](CO)[C@@H](O)[C@H](O)[C@H]3O)c2o1. The first kappa shape index (κ1) is 20.4. The standard InChI is InChI=1S/C19H22O9/c1-7-3-10(22)14(19-17(26)16(25)15(24)12(6-20)28-19)18-13(7)11(23)5-9(27-18)4-8(2)21/h3,5,12,15-17,19-20,22,24-26H,4,6H2,1-2H3/p-1/t12-,15-,16+,17-,19+/m1/s1. The predicted molar refractivity (Wildman–Crippen MR) is 93.8 cm³/mol. The number of carbonyl (C=O) groups excluding carboxylic acids is 1. The molecule has 1 aliphatic heterocycles. The van der Waals surface area contributed by atoms with Gasteiger partial charge in [0.05, 0.1) is 18.4 Å². The minimum Gasteiger partial charge on any atom is -0.872 e. The Bertz CT molecular complexity index is 962. The quantitative estimate of drug-likeness (QED) is 0.501. The van der Waals surface area contributed by atoms with E-state index in [-0.39, 0.29) is 34.5 Å². The Kier molecular flexibility index (Phi) is 5.55. The third-order valence-corrected chi connectivity index (χ3v) is 4.85. The number of aliphatic hydroxyl groups is 4. The molecule has 0 radical (unpaired) electrons. The Hall–Kier alpha value is -2.30. The van der Waals surface area contributed by atoms with E-state index in [2.05, 4.69) is 0 Å². The molecule has 0 bridgehead atoms. The van der Waals surface area contributed by atoms with Crippen LogP contribution in [0.25, 0.3) is 11.0 Å². The summed E-state index contributed by atoms with van der Waals surface area (Å²) in [6, 6.07) is 2.35. The van der Waals surface area contributed by atoms with E-state index in [0.29, 0.717) is 5.56 Å². The molecule has 2 aromatic rings. The lowest BCUT2D eigenvalue weighted by molar-refractivity contribution is -0.276. The summed E-state index contributed by atoms with van der Waals surface area (Å²) in [4.78, 5) is 24.0. The van der Waals surface area contributed by atoms with Crippen LogP contribution >= 0.6 is 0 Å². The molecule has 0 saturated carbocycles. The average molecular weight is 393 g/mol. The highest BCUT2D eigenvalue weighted by Crippen LogP contribution is 2.40. The highest BCUT2D eigenvalue weighted by molar-refractivity contribution is 5.86. The molecule has 5 atom stereocenters. The molecule has 2 heterocycles. The van der Waals surface area contributed by atoms with Crippen LogP contribution in [-0.2, 0) is 16.0 Å². The van der Waals surface area contributed by atoms with E-state index in [1.54, 1.807) is 6.92 Å². The van der Waals surface area contributed by atoms with Crippen LogP contribution in [0.5, 0.6) is 5.75 Å². The van der Waals surface area contributed by atoms with Gasteiger partial charge < -0.3 is 34.7 Å². The number of hydrogen-bond acceptors (Lipinski definition) is 9. The summed E-state index contributed by atoms with van der Waals surface area (Å²) in [5, 5.41) is 52.5. The summed E-state index contributed by atoms with van der Waals surface area (Å²) in [6.07, 6.45) is -7.85. The van der Waals surface area contributed by atoms with E-state index in [4.69, 9.17) is 9.15 Å². The van der Waals surface area contributed by atoms with Crippen LogP contribution in [0.15, 0.2) is 21.3 Å². The number of hydrogen-bond donors (Lipinski definition) is 4. The van der Waals surface area contributed by atoms with E-state index < -0.39 is 48.3 Å². The second kappa shape index (κ2) is 7.61. The van der Waals surface area contributed by atoms with Gasteiger partial charge in [0.2, 0.25) is 0 Å². The molecule has 1 aromatic carbocycles. The molecule has 0 unspecified atom stereocenters. The zero-order valence-corrected chi connectivity index (χ0v) is 15.3. The molecule has 28 heavy (non-hydrogen) atoms. The minimum atomic E-state index is -1.71. The lowest BCUT2D eigenvalue weighted by atomic mass is 9.89. The second-order valence-electron chi connectivity index (χ2n) is 7.01. The van der Waals surface area contributed by atoms with Crippen LogP contribution in [0.2, 0.25) is 0 Å². The van der Waals surface area contributed by atoms with Crippen molar-refractivity contribution in [1.82, 2.24) is 0 Å². The summed E-state index contributed by atoms with van der Waals surface area (Å²) in [7, 11) is 0. The van der Waals surface area contributed by atoms with Gasteiger partial charge in [0.1, 0.15) is 47.6 Å². The van der Waals surface area contributed by atoms with Crippen molar-refractivity contribution in [3.63, 3.8) is 0 Å². The van der Waals surface area contributed by atoms with E-state index in [1.807, 2.05) is 0 Å². The largest absolute Gasteiger partial charge is 0.872 e. The third kappa shape index (κ3) is 3.43. The lowest BCUT2D eigenvalue weighted by Crippen LogP contribution is -2.55. The molecule has 1 saturated heterocycles. The number of fused-ring (bicyclic) bond motifs is 1. The topological polar surface area (TPSA) is 160 Å². The van der Waals surface area contributed by atoms with E-state index in [0.717, 1.165) is 6.07 Å². The molecule has 1 fully saturated rings. The molecule has 1 aliphatic rings. The van der Waals surface area contributed by atoms with Crippen molar-refractivity contribution in [2.24, 2.45) is 0 Å². The first-order valence-corrected chi connectivity index (χ1v) is 8.72.